The molecule has 0 aromatic heterocycles. The summed E-state index contributed by atoms with van der Waals surface area (Å²) in [4.78, 5) is 0. The van der Waals surface area contributed by atoms with E-state index < -0.39 is 0 Å². The second-order valence-electron chi connectivity index (χ2n) is 4.05. The molecule has 0 heterocycles. The molecule has 0 unspecified atom stereocenters. The monoisotopic (exact) mass is 193 g/mol. The first-order chi connectivity index (χ1) is 6.64. The zero-order chi connectivity index (χ0) is 10.4. The number of nitrogens with two attached hydrogens (primary N) is 1. The Balaban J connectivity index is 2.29. The van der Waals surface area contributed by atoms with E-state index in [1.807, 2.05) is 32.0 Å². The minimum Gasteiger partial charge on any atom is -0.374 e. The Labute approximate surface area is 86.1 Å². The van der Waals surface area contributed by atoms with Crippen molar-refractivity contribution in [1.29, 1.82) is 0 Å². The Kier molecular flexibility index (Phi) is 4.11. The minimum absolute atomic E-state index is 0.200. The minimum atomic E-state index is -0.200. The number of hydrogen-bond donors (Lipinski definition) is 1. The standard InChI is InChI=1S/C12H19NO/c1-12(2,10-13)14-9-8-11-6-4-3-5-7-11/h3-7H,8-10,13H2,1-2H3. The van der Waals surface area contributed by atoms with Crippen LogP contribution in [-0.4, -0.2) is 18.8 Å². The maximum absolute atomic E-state index is 5.66. The topological polar surface area (TPSA) is 35.2 Å². The summed E-state index contributed by atoms with van der Waals surface area (Å²) in [6, 6.07) is 10.3. The molecule has 1 aromatic carbocycles. The van der Waals surface area contributed by atoms with Gasteiger partial charge in [-0.25, -0.2) is 0 Å². The van der Waals surface area contributed by atoms with Gasteiger partial charge in [0.1, 0.15) is 0 Å². The lowest BCUT2D eigenvalue weighted by atomic mass is 10.1. The van der Waals surface area contributed by atoms with Gasteiger partial charge in [0.2, 0.25) is 0 Å². The van der Waals surface area contributed by atoms with Gasteiger partial charge in [-0.1, -0.05) is 30.3 Å². The van der Waals surface area contributed by atoms with E-state index in [0.29, 0.717) is 6.54 Å². The Morgan fingerprint density at radius 3 is 2.43 bits per heavy atom. The van der Waals surface area contributed by atoms with Crippen molar-refractivity contribution in [3.8, 4) is 0 Å². The number of benzene rings is 1. The van der Waals surface area contributed by atoms with E-state index in [-0.39, 0.29) is 5.60 Å². The lowest BCUT2D eigenvalue weighted by Gasteiger charge is -2.23. The molecule has 1 aromatic rings. The quantitative estimate of drug-likeness (QED) is 0.776. The van der Waals surface area contributed by atoms with Crippen molar-refractivity contribution in [1.82, 2.24) is 0 Å². The van der Waals surface area contributed by atoms with Crippen LogP contribution < -0.4 is 5.73 Å². The van der Waals surface area contributed by atoms with E-state index in [0.717, 1.165) is 13.0 Å². The van der Waals surface area contributed by atoms with Crippen molar-refractivity contribution in [2.75, 3.05) is 13.2 Å². The van der Waals surface area contributed by atoms with Crippen molar-refractivity contribution in [3.63, 3.8) is 0 Å². The first kappa shape index (κ1) is 11.2. The highest BCUT2D eigenvalue weighted by molar-refractivity contribution is 5.14. The summed E-state index contributed by atoms with van der Waals surface area (Å²) in [5.74, 6) is 0. The Hall–Kier alpha value is -0.860. The SMILES string of the molecule is CC(C)(CN)OCCc1ccccc1. The summed E-state index contributed by atoms with van der Waals surface area (Å²) in [6.07, 6.45) is 0.949. The molecule has 1 rings (SSSR count). The van der Waals surface area contributed by atoms with Crippen LogP contribution in [0, 0.1) is 0 Å². The highest BCUT2D eigenvalue weighted by atomic mass is 16.5. The third kappa shape index (κ3) is 3.90. The Bertz CT molecular complexity index is 256. The molecule has 0 amide bonds. The summed E-state index contributed by atoms with van der Waals surface area (Å²) in [7, 11) is 0. The molecule has 0 fully saturated rings. The summed E-state index contributed by atoms with van der Waals surface area (Å²) < 4.78 is 5.66. The molecule has 0 bridgehead atoms. The van der Waals surface area contributed by atoms with E-state index >= 15 is 0 Å². The molecule has 0 aliphatic rings. The van der Waals surface area contributed by atoms with Gasteiger partial charge in [-0.15, -0.1) is 0 Å². The van der Waals surface area contributed by atoms with E-state index in [1.165, 1.54) is 5.56 Å². The summed E-state index contributed by atoms with van der Waals surface area (Å²) in [6.45, 7) is 5.31. The summed E-state index contributed by atoms with van der Waals surface area (Å²) in [5.41, 5.74) is 6.67. The van der Waals surface area contributed by atoms with Crippen LogP contribution in [0.4, 0.5) is 0 Å². The van der Waals surface area contributed by atoms with Crippen LogP contribution >= 0.6 is 0 Å². The Morgan fingerprint density at radius 1 is 1.21 bits per heavy atom. The van der Waals surface area contributed by atoms with E-state index in [9.17, 15) is 0 Å². The van der Waals surface area contributed by atoms with Gasteiger partial charge in [-0.05, 0) is 25.8 Å². The van der Waals surface area contributed by atoms with Gasteiger partial charge in [0.25, 0.3) is 0 Å². The van der Waals surface area contributed by atoms with Crippen LogP contribution in [0.25, 0.3) is 0 Å². The van der Waals surface area contributed by atoms with E-state index in [4.69, 9.17) is 10.5 Å². The summed E-state index contributed by atoms with van der Waals surface area (Å²) in [5, 5.41) is 0. The molecule has 2 heteroatoms. The highest BCUT2D eigenvalue weighted by Crippen LogP contribution is 2.08. The van der Waals surface area contributed by atoms with Gasteiger partial charge in [0, 0.05) is 6.54 Å². The van der Waals surface area contributed by atoms with E-state index in [2.05, 4.69) is 12.1 Å². The molecule has 0 atom stereocenters. The molecule has 14 heavy (non-hydrogen) atoms. The van der Waals surface area contributed by atoms with Crippen LogP contribution in [0.3, 0.4) is 0 Å². The van der Waals surface area contributed by atoms with Crippen LogP contribution in [0.15, 0.2) is 30.3 Å². The maximum atomic E-state index is 5.66. The molecule has 78 valence electrons. The van der Waals surface area contributed by atoms with Crippen molar-refractivity contribution in [3.05, 3.63) is 35.9 Å². The molecule has 0 spiro atoms. The van der Waals surface area contributed by atoms with Gasteiger partial charge in [0.05, 0.1) is 12.2 Å². The fraction of sp³-hybridized carbons (Fsp3) is 0.500. The molecule has 0 saturated carbocycles. The number of hydrogen-bond acceptors (Lipinski definition) is 2. The average Bonchev–Trinajstić information content (AvgIpc) is 2.19. The molecule has 0 aliphatic carbocycles. The van der Waals surface area contributed by atoms with Crippen LogP contribution in [0.5, 0.6) is 0 Å². The van der Waals surface area contributed by atoms with E-state index in [1.54, 1.807) is 0 Å². The normalized spacial score (nSPS) is 11.6. The van der Waals surface area contributed by atoms with Gasteiger partial charge < -0.3 is 10.5 Å². The van der Waals surface area contributed by atoms with Gasteiger partial charge in [0.15, 0.2) is 0 Å². The lowest BCUT2D eigenvalue weighted by molar-refractivity contribution is -0.00854. The Morgan fingerprint density at radius 2 is 1.86 bits per heavy atom. The van der Waals surface area contributed by atoms with Crippen LogP contribution in [-0.2, 0) is 11.2 Å². The van der Waals surface area contributed by atoms with Crippen LogP contribution in [0.1, 0.15) is 19.4 Å². The molecular formula is C12H19NO. The largest absolute Gasteiger partial charge is 0.374 e. The second kappa shape index (κ2) is 5.13. The lowest BCUT2D eigenvalue weighted by Crippen LogP contribution is -2.34. The van der Waals surface area contributed by atoms with Crippen molar-refractivity contribution in [2.45, 2.75) is 25.9 Å². The number of rotatable bonds is 5. The predicted octanol–water partition coefficient (Wildman–Crippen LogP) is 1.98. The fourth-order valence-electron chi connectivity index (χ4n) is 1.15. The molecule has 0 aliphatic heterocycles. The number of ether oxygens (including phenoxy) is 1. The molecule has 2 nitrogen and oxygen atoms in total. The van der Waals surface area contributed by atoms with Crippen molar-refractivity contribution >= 4 is 0 Å². The highest BCUT2D eigenvalue weighted by Gasteiger charge is 2.14. The molecule has 0 saturated heterocycles. The van der Waals surface area contributed by atoms with Crippen LogP contribution in [0.2, 0.25) is 0 Å². The fourth-order valence-corrected chi connectivity index (χ4v) is 1.15. The van der Waals surface area contributed by atoms with Gasteiger partial charge >= 0.3 is 0 Å². The zero-order valence-electron chi connectivity index (χ0n) is 8.99. The molecule has 0 radical (unpaired) electrons. The zero-order valence-corrected chi connectivity index (χ0v) is 8.99. The smallest absolute Gasteiger partial charge is 0.0748 e. The second-order valence-corrected chi connectivity index (χ2v) is 4.05. The van der Waals surface area contributed by atoms with Gasteiger partial charge in [-0.2, -0.15) is 0 Å². The van der Waals surface area contributed by atoms with Crippen molar-refractivity contribution in [2.24, 2.45) is 5.73 Å². The maximum Gasteiger partial charge on any atom is 0.0748 e. The summed E-state index contributed by atoms with van der Waals surface area (Å²) >= 11 is 0. The molecular weight excluding hydrogens is 174 g/mol. The first-order valence-corrected chi connectivity index (χ1v) is 5.02. The third-order valence-electron chi connectivity index (χ3n) is 2.22. The first-order valence-electron chi connectivity index (χ1n) is 5.02. The van der Waals surface area contributed by atoms with Crippen molar-refractivity contribution < 1.29 is 4.74 Å². The predicted molar refractivity (Wildman–Crippen MR) is 59.2 cm³/mol. The third-order valence-corrected chi connectivity index (χ3v) is 2.22. The average molecular weight is 193 g/mol. The molecule has 2 N–H and O–H groups in total. The van der Waals surface area contributed by atoms with Gasteiger partial charge in [-0.3, -0.25) is 0 Å².